The molecule has 9 heteroatoms. The number of piperazine rings is 1. The summed E-state index contributed by atoms with van der Waals surface area (Å²) >= 11 is 6.76. The van der Waals surface area contributed by atoms with E-state index in [1.54, 1.807) is 29.2 Å². The number of anilines is 1. The maximum absolute atomic E-state index is 14.9. The molecule has 7 nitrogen and oxygen atoms in total. The van der Waals surface area contributed by atoms with Gasteiger partial charge in [0.15, 0.2) is 5.65 Å². The summed E-state index contributed by atoms with van der Waals surface area (Å²) in [6, 6.07) is 13.8. The predicted molar refractivity (Wildman–Crippen MR) is 158 cm³/mol. The van der Waals surface area contributed by atoms with Crippen LogP contribution in [0.3, 0.4) is 0 Å². The third-order valence-corrected chi connectivity index (χ3v) is 7.72. The molecular formula is C31H31ClFN5O2. The van der Waals surface area contributed by atoms with Crippen LogP contribution in [0.1, 0.15) is 37.8 Å². The highest BCUT2D eigenvalue weighted by Gasteiger charge is 2.30. The zero-order valence-corrected chi connectivity index (χ0v) is 23.7. The minimum absolute atomic E-state index is 0.116. The van der Waals surface area contributed by atoms with E-state index in [0.717, 1.165) is 11.1 Å². The first-order valence-electron chi connectivity index (χ1n) is 13.3. The fourth-order valence-corrected chi connectivity index (χ4v) is 5.68. The molecule has 1 fully saturated rings. The van der Waals surface area contributed by atoms with Gasteiger partial charge in [0.1, 0.15) is 11.6 Å². The Morgan fingerprint density at radius 2 is 1.90 bits per heavy atom. The average molecular weight is 560 g/mol. The van der Waals surface area contributed by atoms with Crippen molar-refractivity contribution < 1.29 is 9.18 Å². The largest absolute Gasteiger partial charge is 0.355 e. The summed E-state index contributed by atoms with van der Waals surface area (Å²) in [4.78, 5) is 39.4. The van der Waals surface area contributed by atoms with E-state index in [9.17, 15) is 14.0 Å². The molecule has 1 aliphatic heterocycles. The Bertz CT molecular complexity index is 1700. The molecule has 0 unspecified atom stereocenters. The maximum atomic E-state index is 14.9. The fraction of sp³-hybridized carbons (Fsp3) is 0.290. The minimum atomic E-state index is -0.496. The molecule has 0 saturated carbocycles. The first-order valence-corrected chi connectivity index (χ1v) is 13.7. The summed E-state index contributed by atoms with van der Waals surface area (Å²) < 4.78 is 16.4. The van der Waals surface area contributed by atoms with Crippen LogP contribution in [0.4, 0.5) is 10.2 Å². The van der Waals surface area contributed by atoms with Crippen LogP contribution in [0.2, 0.25) is 5.02 Å². The van der Waals surface area contributed by atoms with Gasteiger partial charge in [-0.3, -0.25) is 4.79 Å². The second-order valence-corrected chi connectivity index (χ2v) is 10.8. The Morgan fingerprint density at radius 1 is 1.15 bits per heavy atom. The summed E-state index contributed by atoms with van der Waals surface area (Å²) in [5.41, 5.74) is 2.88. The van der Waals surface area contributed by atoms with Gasteiger partial charge in [-0.2, -0.15) is 4.98 Å². The number of rotatable bonds is 5. The van der Waals surface area contributed by atoms with Gasteiger partial charge >= 0.3 is 5.69 Å². The van der Waals surface area contributed by atoms with Gasteiger partial charge in [-0.1, -0.05) is 62.4 Å². The lowest BCUT2D eigenvalue weighted by atomic mass is 9.98. The number of benzene rings is 2. The van der Waals surface area contributed by atoms with Crippen LogP contribution in [-0.2, 0) is 4.79 Å². The van der Waals surface area contributed by atoms with E-state index < -0.39 is 11.5 Å². The van der Waals surface area contributed by atoms with Gasteiger partial charge in [-0.05, 0) is 55.2 Å². The zero-order valence-electron chi connectivity index (χ0n) is 23.0. The van der Waals surface area contributed by atoms with Gasteiger partial charge in [0.2, 0.25) is 5.91 Å². The molecule has 1 amide bonds. The summed E-state index contributed by atoms with van der Waals surface area (Å²) in [6.45, 7) is 13.0. The number of aryl methyl sites for hydroxylation is 1. The number of pyridine rings is 1. The summed E-state index contributed by atoms with van der Waals surface area (Å²) in [6.07, 6.45) is 1.31. The Labute approximate surface area is 237 Å². The zero-order chi connectivity index (χ0) is 28.7. The number of fused-ring (bicyclic) bond motifs is 1. The first kappa shape index (κ1) is 27.5. The molecular weight excluding hydrogens is 529 g/mol. The lowest BCUT2D eigenvalue weighted by molar-refractivity contribution is -0.126. The van der Waals surface area contributed by atoms with Crippen molar-refractivity contribution in [1.82, 2.24) is 19.4 Å². The van der Waals surface area contributed by atoms with E-state index in [-0.39, 0.29) is 34.1 Å². The highest BCUT2D eigenvalue weighted by molar-refractivity contribution is 6.33. The van der Waals surface area contributed by atoms with Crippen LogP contribution in [0.25, 0.3) is 28.0 Å². The lowest BCUT2D eigenvalue weighted by Crippen LogP contribution is -2.54. The number of halogens is 2. The molecule has 0 bridgehead atoms. The molecule has 2 aromatic carbocycles. The van der Waals surface area contributed by atoms with Crippen LogP contribution in [0, 0.1) is 12.7 Å². The molecule has 0 spiro atoms. The van der Waals surface area contributed by atoms with Gasteiger partial charge in [0.25, 0.3) is 0 Å². The SMILES string of the molecule is C=CC(=O)N1CCN(c2nc(=O)n(-c3c(C)cccc3C(C)C)c3nc(-c4ccccc4F)c(Cl)cc23)[C@@H](C)C1. The monoisotopic (exact) mass is 559 g/mol. The Kier molecular flexibility index (Phi) is 7.47. The van der Waals surface area contributed by atoms with Crippen molar-refractivity contribution in [3.05, 3.63) is 93.6 Å². The van der Waals surface area contributed by atoms with E-state index in [2.05, 4.69) is 25.4 Å². The van der Waals surface area contributed by atoms with E-state index in [0.29, 0.717) is 42.2 Å². The van der Waals surface area contributed by atoms with Crippen LogP contribution >= 0.6 is 11.6 Å². The summed E-state index contributed by atoms with van der Waals surface area (Å²) in [5.74, 6) is -0.0523. The molecule has 206 valence electrons. The molecule has 1 atom stereocenters. The second kappa shape index (κ2) is 10.8. The quantitative estimate of drug-likeness (QED) is 0.285. The molecule has 1 saturated heterocycles. The van der Waals surface area contributed by atoms with Crippen LogP contribution in [0.5, 0.6) is 0 Å². The molecule has 5 rings (SSSR count). The molecule has 1 aliphatic rings. The molecule has 4 aromatic rings. The standard InChI is InChI=1S/C31H31ClFN5O2/c1-6-26(39)36-14-15-37(20(5)17-36)29-23-16-24(32)27(22-11-7-8-13-25(22)33)34-30(23)38(31(40)35-29)28-19(4)10-9-12-21(28)18(2)3/h6-13,16,18,20H,1,14-15,17H2,2-5H3/t20-/m0/s1. The van der Waals surface area contributed by atoms with E-state index >= 15 is 0 Å². The Hall–Kier alpha value is -4.04. The van der Waals surface area contributed by atoms with E-state index in [1.807, 2.05) is 36.9 Å². The number of amides is 1. The van der Waals surface area contributed by atoms with Crippen molar-refractivity contribution in [3.63, 3.8) is 0 Å². The van der Waals surface area contributed by atoms with Gasteiger partial charge in [0, 0.05) is 31.2 Å². The highest BCUT2D eigenvalue weighted by Crippen LogP contribution is 2.36. The second-order valence-electron chi connectivity index (χ2n) is 10.4. The molecule has 0 N–H and O–H groups in total. The smallest absolute Gasteiger partial charge is 0.350 e. The van der Waals surface area contributed by atoms with Crippen LogP contribution < -0.4 is 10.6 Å². The van der Waals surface area contributed by atoms with Crippen molar-refractivity contribution in [3.8, 4) is 16.9 Å². The molecule has 0 radical (unpaired) electrons. The number of aromatic nitrogens is 3. The number of carbonyl (C=O) groups excluding carboxylic acids is 1. The van der Waals surface area contributed by atoms with Crippen molar-refractivity contribution in [1.29, 1.82) is 0 Å². The van der Waals surface area contributed by atoms with Gasteiger partial charge in [0.05, 0.1) is 21.8 Å². The normalized spacial score (nSPS) is 15.6. The third kappa shape index (κ3) is 4.77. The molecule has 0 aliphatic carbocycles. The number of nitrogens with zero attached hydrogens (tertiary/aromatic N) is 5. The number of hydrogen-bond acceptors (Lipinski definition) is 5. The van der Waals surface area contributed by atoms with Crippen LogP contribution in [-0.4, -0.2) is 51.0 Å². The predicted octanol–water partition coefficient (Wildman–Crippen LogP) is 5.90. The molecule has 40 heavy (non-hydrogen) atoms. The molecule has 2 aromatic heterocycles. The number of carbonyl (C=O) groups is 1. The van der Waals surface area contributed by atoms with Gasteiger partial charge in [-0.25, -0.2) is 18.7 Å². The van der Waals surface area contributed by atoms with Crippen molar-refractivity contribution >= 4 is 34.4 Å². The summed E-state index contributed by atoms with van der Waals surface area (Å²) in [7, 11) is 0. The Balaban J connectivity index is 1.81. The number of hydrogen-bond donors (Lipinski definition) is 0. The third-order valence-electron chi connectivity index (χ3n) is 7.43. The topological polar surface area (TPSA) is 71.3 Å². The fourth-order valence-electron chi connectivity index (χ4n) is 5.42. The maximum Gasteiger partial charge on any atom is 0.355 e. The lowest BCUT2D eigenvalue weighted by Gasteiger charge is -2.40. The van der Waals surface area contributed by atoms with Crippen molar-refractivity contribution in [2.45, 2.75) is 39.7 Å². The van der Waals surface area contributed by atoms with Gasteiger partial charge in [-0.15, -0.1) is 0 Å². The van der Waals surface area contributed by atoms with Crippen molar-refractivity contribution in [2.24, 2.45) is 0 Å². The van der Waals surface area contributed by atoms with E-state index in [4.69, 9.17) is 16.6 Å². The highest BCUT2D eigenvalue weighted by atomic mass is 35.5. The van der Waals surface area contributed by atoms with Crippen LogP contribution in [0.15, 0.2) is 66.0 Å². The van der Waals surface area contributed by atoms with Crippen molar-refractivity contribution in [2.75, 3.05) is 24.5 Å². The first-order chi connectivity index (χ1) is 19.1. The average Bonchev–Trinajstić information content (AvgIpc) is 2.93. The van der Waals surface area contributed by atoms with Gasteiger partial charge < -0.3 is 9.80 Å². The van der Waals surface area contributed by atoms with E-state index in [1.165, 1.54) is 16.7 Å². The number of para-hydroxylation sites is 1. The molecule has 3 heterocycles. The minimum Gasteiger partial charge on any atom is -0.350 e. The summed E-state index contributed by atoms with van der Waals surface area (Å²) in [5, 5.41) is 0.811. The Morgan fingerprint density at radius 3 is 2.58 bits per heavy atom.